The van der Waals surface area contributed by atoms with Crippen molar-refractivity contribution in [1.82, 2.24) is 4.98 Å². The number of pyridine rings is 1. The van der Waals surface area contributed by atoms with Gasteiger partial charge >= 0.3 is 172 Å². The maximum atomic E-state index is 10.0. The van der Waals surface area contributed by atoms with Crippen molar-refractivity contribution >= 4 is 52.7 Å². The van der Waals surface area contributed by atoms with E-state index in [0.717, 1.165) is 11.3 Å². The predicted molar refractivity (Wildman–Crippen MR) is 202 cm³/mol. The molecule has 2 heterocycles. The van der Waals surface area contributed by atoms with Crippen LogP contribution in [0.1, 0.15) is 40.2 Å². The number of carbonyl (C=O) groups is 1. The van der Waals surface area contributed by atoms with E-state index in [4.69, 9.17) is 10.1 Å². The van der Waals surface area contributed by atoms with Crippen LogP contribution in [0.4, 0.5) is 0 Å². The number of hydrogen-bond acceptors (Lipinski definition) is 3. The first-order valence-corrected chi connectivity index (χ1v) is 26.4. The number of carbonyl (C=O) groups excluding carboxylic acids is 1. The Labute approximate surface area is 298 Å². The van der Waals surface area contributed by atoms with Gasteiger partial charge in [0.05, 0.1) is 5.76 Å². The topological polar surface area (TPSA) is 50.2 Å². The zero-order valence-corrected chi connectivity index (χ0v) is 34.8. The Balaban J connectivity index is 0.000000565. The minimum Gasteiger partial charge on any atom is -0.118 e. The monoisotopic (exact) mass is 879 g/mol. The number of benzene rings is 4. The molecule has 0 aliphatic carbocycles. The second-order valence-corrected chi connectivity index (χ2v) is 30.0. The zero-order valence-electron chi connectivity index (χ0n) is 29.3. The molecule has 0 amide bonds. The average molecular weight is 878 g/mol. The first-order valence-electron chi connectivity index (χ1n) is 16.1. The first kappa shape index (κ1) is 36.7. The van der Waals surface area contributed by atoms with Crippen molar-refractivity contribution in [3.63, 3.8) is 0 Å². The van der Waals surface area contributed by atoms with Gasteiger partial charge < -0.3 is 5.11 Å². The molecule has 5 aromatic rings. The molecule has 0 saturated heterocycles. The quantitative estimate of drug-likeness (QED) is 0.0850. The molecule has 0 spiro atoms. The Morgan fingerprint density at radius 1 is 0.872 bits per heavy atom. The minimum absolute atomic E-state index is 0. The smallest absolute Gasteiger partial charge is 0.118 e. The Morgan fingerprint density at radius 3 is 2.09 bits per heavy atom. The van der Waals surface area contributed by atoms with Gasteiger partial charge in [-0.05, 0) is 19.3 Å². The van der Waals surface area contributed by atoms with Gasteiger partial charge in [-0.25, -0.2) is 0 Å². The number of aliphatic hydroxyl groups is 1. The van der Waals surface area contributed by atoms with E-state index in [1.807, 2.05) is 6.20 Å². The second-order valence-electron chi connectivity index (χ2n) is 15.1. The third-order valence-electron chi connectivity index (χ3n) is 8.89. The summed E-state index contributed by atoms with van der Waals surface area (Å²) < 4.78 is 1.55. The fourth-order valence-corrected chi connectivity index (χ4v) is 12.4. The summed E-state index contributed by atoms with van der Waals surface area (Å²) >= 11 is -1.83. The van der Waals surface area contributed by atoms with Crippen molar-refractivity contribution < 1.29 is 30.0 Å². The molecule has 0 bridgehead atoms. The van der Waals surface area contributed by atoms with E-state index in [9.17, 15) is 4.79 Å². The van der Waals surface area contributed by atoms with Crippen molar-refractivity contribution in [3.8, 4) is 33.5 Å². The SMILES string of the molecule is CC(=O)/C=C(/C)O.CC(C)(C)c1cc(-c2nccc3c2[Si](C)(C)c2cc(-c4cc[c]([Ge]([CH3])([CH3])[CH3])cc4)ccc2-3)[c-]c2ccccc12.[Ir]. The van der Waals surface area contributed by atoms with Crippen LogP contribution in [-0.2, 0) is 30.3 Å². The van der Waals surface area contributed by atoms with E-state index in [2.05, 4.69) is 136 Å². The summed E-state index contributed by atoms with van der Waals surface area (Å²) in [6, 6.07) is 33.5. The molecule has 6 rings (SSSR count). The number of aromatic nitrogens is 1. The summed E-state index contributed by atoms with van der Waals surface area (Å²) in [4.78, 5) is 15.1. The van der Waals surface area contributed by atoms with Crippen LogP contribution in [0, 0.1) is 6.07 Å². The number of fused-ring (bicyclic) bond motifs is 4. The number of ketones is 1. The first-order chi connectivity index (χ1) is 21.5. The molecule has 1 N–H and O–H groups in total. The molecule has 1 aromatic heterocycles. The summed E-state index contributed by atoms with van der Waals surface area (Å²) in [6.45, 7) is 14.7. The van der Waals surface area contributed by atoms with Gasteiger partial charge in [0.15, 0.2) is 5.78 Å². The van der Waals surface area contributed by atoms with Gasteiger partial charge in [0.25, 0.3) is 0 Å². The zero-order chi connectivity index (χ0) is 33.6. The van der Waals surface area contributed by atoms with Gasteiger partial charge in [0.1, 0.15) is 0 Å². The van der Waals surface area contributed by atoms with Crippen LogP contribution in [0.15, 0.2) is 96.9 Å². The molecular formula is C41H46GeIrNO2Si-. The molecule has 6 heteroatoms. The number of aliphatic hydroxyl groups excluding tert-OH is 1. The van der Waals surface area contributed by atoms with Crippen LogP contribution < -0.4 is 14.8 Å². The summed E-state index contributed by atoms with van der Waals surface area (Å²) in [7, 11) is -2.02. The number of rotatable bonds is 4. The fourth-order valence-electron chi connectivity index (χ4n) is 6.57. The van der Waals surface area contributed by atoms with E-state index in [1.165, 1.54) is 68.9 Å². The van der Waals surface area contributed by atoms with Crippen molar-refractivity contribution in [2.24, 2.45) is 0 Å². The van der Waals surface area contributed by atoms with Crippen LogP contribution in [0.3, 0.4) is 0 Å². The van der Waals surface area contributed by atoms with Crippen LogP contribution >= 0.6 is 0 Å². The Kier molecular flexibility index (Phi) is 10.8. The molecule has 0 saturated carbocycles. The predicted octanol–water partition coefficient (Wildman–Crippen LogP) is 9.05. The average Bonchev–Trinajstić information content (AvgIpc) is 3.21. The number of allylic oxidation sites excluding steroid dienone is 2. The van der Waals surface area contributed by atoms with Crippen LogP contribution in [0.2, 0.25) is 30.4 Å². The summed E-state index contributed by atoms with van der Waals surface area (Å²) in [5.74, 6) is 7.31. The normalized spacial score (nSPS) is 13.6. The molecule has 1 aliphatic heterocycles. The van der Waals surface area contributed by atoms with Crippen LogP contribution in [0.5, 0.6) is 0 Å². The molecule has 1 aliphatic rings. The summed E-state index contributed by atoms with van der Waals surface area (Å²) in [5, 5.41) is 13.8. The molecule has 0 unspecified atom stereocenters. The van der Waals surface area contributed by atoms with Gasteiger partial charge in [-0.2, -0.15) is 0 Å². The van der Waals surface area contributed by atoms with E-state index < -0.39 is 21.3 Å². The van der Waals surface area contributed by atoms with Crippen LogP contribution in [0.25, 0.3) is 44.3 Å². The third kappa shape index (κ3) is 7.65. The molecule has 245 valence electrons. The van der Waals surface area contributed by atoms with Gasteiger partial charge in [0, 0.05) is 26.2 Å². The Hall–Kier alpha value is -3.09. The Bertz CT molecular complexity index is 1980. The minimum atomic E-state index is -2.02. The van der Waals surface area contributed by atoms with Crippen molar-refractivity contribution in [2.45, 2.75) is 70.4 Å². The number of hydrogen-bond donors (Lipinski definition) is 1. The fraction of sp³-hybridized carbons (Fsp3) is 0.268. The summed E-state index contributed by atoms with van der Waals surface area (Å²) in [5.41, 5.74) is 8.97. The summed E-state index contributed by atoms with van der Waals surface area (Å²) in [6.07, 6.45) is 3.16. The van der Waals surface area contributed by atoms with E-state index in [-0.39, 0.29) is 37.1 Å². The maximum absolute atomic E-state index is 10.0. The molecular weight excluding hydrogens is 831 g/mol. The Morgan fingerprint density at radius 2 is 1.51 bits per heavy atom. The van der Waals surface area contributed by atoms with Crippen LogP contribution in [-0.4, -0.2) is 37.2 Å². The number of nitrogens with zero attached hydrogens (tertiary/aromatic N) is 1. The van der Waals surface area contributed by atoms with E-state index in [0.29, 0.717) is 0 Å². The van der Waals surface area contributed by atoms with E-state index in [1.54, 1.807) is 4.40 Å². The van der Waals surface area contributed by atoms with Gasteiger partial charge in [0.2, 0.25) is 0 Å². The molecule has 3 nitrogen and oxygen atoms in total. The second kappa shape index (κ2) is 13.8. The van der Waals surface area contributed by atoms with Crippen molar-refractivity contribution in [3.05, 3.63) is 109 Å². The molecule has 1 radical (unpaired) electrons. The van der Waals surface area contributed by atoms with Gasteiger partial charge in [-0.15, -0.1) is 17.0 Å². The standard InChI is InChI=1S/C36H38GeNSi.C5H8O2.Ir/c1-36(2,3)32-22-27(21-26-11-9-10-12-29(26)32)34-35-31(19-20-38-34)30-18-15-25(23-33(30)39(35,7)8)24-13-16-28(17-14-24)37(4,5)6;1-4(6)3-5(2)7;/h9-20,22-23H,1-8H3;3,6H,1-2H3;/q-1;;/b;4-3-;. The van der Waals surface area contributed by atoms with E-state index >= 15 is 0 Å². The van der Waals surface area contributed by atoms with Crippen molar-refractivity contribution in [2.75, 3.05) is 0 Å². The molecule has 47 heavy (non-hydrogen) atoms. The molecule has 0 fully saturated rings. The van der Waals surface area contributed by atoms with Gasteiger partial charge in [-0.1, -0.05) is 44.4 Å². The van der Waals surface area contributed by atoms with Gasteiger partial charge in [-0.3, -0.25) is 4.79 Å². The third-order valence-corrected chi connectivity index (χ3v) is 16.7. The molecule has 0 atom stereocenters. The van der Waals surface area contributed by atoms with Crippen molar-refractivity contribution in [1.29, 1.82) is 0 Å². The molecule has 4 aromatic carbocycles.